The first-order valence-electron chi connectivity index (χ1n) is 10.5. The van der Waals surface area contributed by atoms with E-state index in [1.54, 1.807) is 47.4 Å². The fourth-order valence-electron chi connectivity index (χ4n) is 3.34. The molecule has 0 heterocycles. The average Bonchev–Trinajstić information content (AvgIpc) is 2.81. The van der Waals surface area contributed by atoms with Crippen molar-refractivity contribution in [1.29, 1.82) is 0 Å². The number of hydrogen-bond donors (Lipinski definition) is 2. The van der Waals surface area contributed by atoms with E-state index in [0.29, 0.717) is 41.9 Å². The minimum atomic E-state index is 0. The van der Waals surface area contributed by atoms with Gasteiger partial charge in [-0.2, -0.15) is 0 Å². The van der Waals surface area contributed by atoms with Gasteiger partial charge in [-0.05, 0) is 36.6 Å². The first kappa shape index (κ1) is 28.3. The third-order valence-electron chi connectivity index (χ3n) is 4.98. The van der Waals surface area contributed by atoms with Gasteiger partial charge in [0, 0.05) is 45.4 Å². The number of nitrogens with one attached hydrogen (secondary N) is 2. The number of rotatable bonds is 10. The lowest BCUT2D eigenvalue weighted by Crippen LogP contribution is -2.39. The van der Waals surface area contributed by atoms with Crippen LogP contribution < -0.4 is 24.8 Å². The fourth-order valence-corrected chi connectivity index (χ4v) is 3.34. The van der Waals surface area contributed by atoms with Crippen LogP contribution in [0.3, 0.4) is 0 Å². The van der Waals surface area contributed by atoms with Gasteiger partial charge in [-0.15, -0.1) is 24.0 Å². The molecule has 0 unspecified atom stereocenters. The second-order valence-corrected chi connectivity index (χ2v) is 7.32. The van der Waals surface area contributed by atoms with Gasteiger partial charge < -0.3 is 29.7 Å². The number of guanidine groups is 1. The Bertz CT molecular complexity index is 935. The highest BCUT2D eigenvalue weighted by Crippen LogP contribution is 2.39. The minimum absolute atomic E-state index is 0. The second kappa shape index (κ2) is 14.5. The van der Waals surface area contributed by atoms with E-state index in [0.717, 1.165) is 24.0 Å². The predicted molar refractivity (Wildman–Crippen MR) is 143 cm³/mol. The lowest BCUT2D eigenvalue weighted by atomic mass is 10.1. The van der Waals surface area contributed by atoms with Gasteiger partial charge in [0.15, 0.2) is 17.5 Å². The van der Waals surface area contributed by atoms with E-state index in [4.69, 9.17) is 14.2 Å². The third kappa shape index (κ3) is 7.99. The molecule has 182 valence electrons. The van der Waals surface area contributed by atoms with Crippen molar-refractivity contribution in [3.05, 3.63) is 53.1 Å². The van der Waals surface area contributed by atoms with Gasteiger partial charge >= 0.3 is 0 Å². The molecule has 0 fully saturated rings. The van der Waals surface area contributed by atoms with Crippen LogP contribution >= 0.6 is 24.0 Å². The molecule has 33 heavy (non-hydrogen) atoms. The molecule has 0 atom stereocenters. The number of nitrogens with zero attached hydrogens (tertiary/aromatic N) is 2. The van der Waals surface area contributed by atoms with Crippen LogP contribution in [0.25, 0.3) is 0 Å². The van der Waals surface area contributed by atoms with Crippen molar-refractivity contribution < 1.29 is 19.0 Å². The maximum absolute atomic E-state index is 12.1. The van der Waals surface area contributed by atoms with Gasteiger partial charge in [0.05, 0.1) is 21.3 Å². The van der Waals surface area contributed by atoms with E-state index in [-0.39, 0.29) is 29.9 Å². The first-order chi connectivity index (χ1) is 15.4. The molecule has 0 aliphatic rings. The molecular weight excluding hydrogens is 535 g/mol. The lowest BCUT2D eigenvalue weighted by Gasteiger charge is -2.17. The summed E-state index contributed by atoms with van der Waals surface area (Å²) in [4.78, 5) is 18.0. The molecule has 2 aromatic carbocycles. The van der Waals surface area contributed by atoms with Gasteiger partial charge in [0.1, 0.15) is 0 Å². The van der Waals surface area contributed by atoms with E-state index in [9.17, 15) is 4.79 Å². The number of amides is 1. The summed E-state index contributed by atoms with van der Waals surface area (Å²) >= 11 is 0. The number of hydrogen-bond acceptors (Lipinski definition) is 5. The molecule has 2 rings (SSSR count). The molecule has 0 saturated carbocycles. The first-order valence-corrected chi connectivity index (χ1v) is 10.5. The van der Waals surface area contributed by atoms with Crippen molar-refractivity contribution in [2.75, 3.05) is 55.6 Å². The summed E-state index contributed by atoms with van der Waals surface area (Å²) in [6, 6.07) is 11.5. The Morgan fingerprint density at radius 1 is 0.939 bits per heavy atom. The van der Waals surface area contributed by atoms with Crippen LogP contribution in [0.1, 0.15) is 21.5 Å². The number of methoxy groups -OCH3 is 3. The maximum atomic E-state index is 12.1. The van der Waals surface area contributed by atoms with Crippen LogP contribution in [0.15, 0.2) is 41.4 Å². The molecule has 2 N–H and O–H groups in total. The molecule has 2 aromatic rings. The lowest BCUT2D eigenvalue weighted by molar-refractivity contribution is 0.0827. The van der Waals surface area contributed by atoms with Crippen LogP contribution in [0.4, 0.5) is 0 Å². The summed E-state index contributed by atoms with van der Waals surface area (Å²) in [5, 5.41) is 6.63. The SMILES string of the molecule is CN=C(NCCc1cccc(C(=O)N(C)C)c1)NCCc1ccc(OC)c(OC)c1OC.I. The summed E-state index contributed by atoms with van der Waals surface area (Å²) < 4.78 is 16.3. The summed E-state index contributed by atoms with van der Waals surface area (Å²) in [5.41, 5.74) is 2.80. The highest BCUT2D eigenvalue weighted by atomic mass is 127. The largest absolute Gasteiger partial charge is 0.493 e. The highest BCUT2D eigenvalue weighted by molar-refractivity contribution is 14.0. The molecule has 0 spiro atoms. The van der Waals surface area contributed by atoms with Crippen LogP contribution in [0.5, 0.6) is 17.2 Å². The predicted octanol–water partition coefficient (Wildman–Crippen LogP) is 2.98. The second-order valence-electron chi connectivity index (χ2n) is 7.32. The van der Waals surface area contributed by atoms with Crippen molar-refractivity contribution in [3.63, 3.8) is 0 Å². The van der Waals surface area contributed by atoms with E-state index < -0.39 is 0 Å². The number of ether oxygens (including phenoxy) is 3. The Labute approximate surface area is 213 Å². The number of halogens is 1. The quantitative estimate of drug-likeness (QED) is 0.260. The van der Waals surface area contributed by atoms with Crippen LogP contribution in [-0.2, 0) is 12.8 Å². The summed E-state index contributed by atoms with van der Waals surface area (Å²) in [6.45, 7) is 1.36. The Morgan fingerprint density at radius 3 is 2.18 bits per heavy atom. The smallest absolute Gasteiger partial charge is 0.253 e. The van der Waals surface area contributed by atoms with Crippen molar-refractivity contribution in [2.24, 2.45) is 4.99 Å². The van der Waals surface area contributed by atoms with E-state index in [1.165, 1.54) is 0 Å². The summed E-state index contributed by atoms with van der Waals surface area (Å²) in [7, 11) is 10.1. The molecule has 0 aliphatic carbocycles. The standard InChI is InChI=1S/C24H34N4O4.HI/c1-25-24(26-14-12-17-8-7-9-19(16-17)23(29)28(2)3)27-15-13-18-10-11-20(30-4)22(32-6)21(18)31-5;/h7-11,16H,12-15H2,1-6H3,(H2,25,26,27);1H. The average molecular weight is 570 g/mol. The number of carbonyl (C=O) groups excluding carboxylic acids is 1. The molecule has 1 amide bonds. The Balaban J connectivity index is 0.00000544. The van der Waals surface area contributed by atoms with Crippen molar-refractivity contribution in [1.82, 2.24) is 15.5 Å². The Morgan fingerprint density at radius 2 is 1.61 bits per heavy atom. The van der Waals surface area contributed by atoms with Gasteiger partial charge in [-0.1, -0.05) is 18.2 Å². The number of carbonyl (C=O) groups is 1. The molecule has 0 aromatic heterocycles. The topological polar surface area (TPSA) is 84.4 Å². The fraction of sp³-hybridized carbons (Fsp3) is 0.417. The van der Waals surface area contributed by atoms with E-state index in [1.807, 2.05) is 36.4 Å². The molecule has 0 saturated heterocycles. The molecule has 8 nitrogen and oxygen atoms in total. The van der Waals surface area contributed by atoms with Crippen LogP contribution in [0.2, 0.25) is 0 Å². The normalized spacial score (nSPS) is 10.7. The van der Waals surface area contributed by atoms with Gasteiger partial charge in [-0.3, -0.25) is 9.79 Å². The molecule has 0 radical (unpaired) electrons. The van der Waals surface area contributed by atoms with Crippen molar-refractivity contribution >= 4 is 35.8 Å². The third-order valence-corrected chi connectivity index (χ3v) is 4.98. The maximum Gasteiger partial charge on any atom is 0.253 e. The van der Waals surface area contributed by atoms with E-state index >= 15 is 0 Å². The van der Waals surface area contributed by atoms with Crippen molar-refractivity contribution in [3.8, 4) is 17.2 Å². The zero-order chi connectivity index (χ0) is 23.5. The molecular formula is C24H35IN4O4. The molecule has 0 aliphatic heterocycles. The zero-order valence-corrected chi connectivity index (χ0v) is 22.6. The molecule has 9 heteroatoms. The minimum Gasteiger partial charge on any atom is -0.493 e. The Kier molecular flexibility index (Phi) is 12.4. The van der Waals surface area contributed by atoms with Crippen molar-refractivity contribution in [2.45, 2.75) is 12.8 Å². The highest BCUT2D eigenvalue weighted by Gasteiger charge is 2.15. The monoisotopic (exact) mass is 570 g/mol. The molecule has 0 bridgehead atoms. The number of aliphatic imine (C=N–C) groups is 1. The van der Waals surface area contributed by atoms with Gasteiger partial charge in [0.25, 0.3) is 5.91 Å². The van der Waals surface area contributed by atoms with Gasteiger partial charge in [0.2, 0.25) is 5.75 Å². The van der Waals surface area contributed by atoms with E-state index in [2.05, 4.69) is 15.6 Å². The van der Waals surface area contributed by atoms with Crippen LogP contribution in [-0.4, -0.2) is 72.3 Å². The van der Waals surface area contributed by atoms with Gasteiger partial charge in [-0.25, -0.2) is 0 Å². The zero-order valence-electron chi connectivity index (χ0n) is 20.2. The Hall–Kier alpha value is -2.69. The van der Waals surface area contributed by atoms with Crippen LogP contribution in [0, 0.1) is 0 Å². The number of benzene rings is 2. The summed E-state index contributed by atoms with van der Waals surface area (Å²) in [5.74, 6) is 2.61. The summed E-state index contributed by atoms with van der Waals surface area (Å²) in [6.07, 6.45) is 1.50.